The van der Waals surface area contributed by atoms with E-state index in [2.05, 4.69) is 82.9 Å². The van der Waals surface area contributed by atoms with Crippen LogP contribution in [0, 0.1) is 5.92 Å². The minimum atomic E-state index is -0.0217. The SMILES string of the molecule is CCCc1nn(CCC(C)C)c(=O)n1Cc1ccc(-c2cccc(-c3nnn[nH]3)c2)cc1. The van der Waals surface area contributed by atoms with Crippen LogP contribution in [0.25, 0.3) is 22.5 Å². The van der Waals surface area contributed by atoms with Gasteiger partial charge in [-0.15, -0.1) is 5.10 Å². The molecule has 0 atom stereocenters. The number of nitrogens with one attached hydrogen (secondary N) is 1. The fourth-order valence-corrected chi connectivity index (χ4v) is 3.69. The van der Waals surface area contributed by atoms with Crippen LogP contribution in [0.1, 0.15) is 45.0 Å². The molecule has 4 rings (SSSR count). The zero-order valence-corrected chi connectivity index (χ0v) is 18.8. The maximum atomic E-state index is 13.0. The zero-order chi connectivity index (χ0) is 22.5. The Labute approximate surface area is 187 Å². The van der Waals surface area contributed by atoms with E-state index < -0.39 is 0 Å². The van der Waals surface area contributed by atoms with Gasteiger partial charge in [0.15, 0.2) is 5.82 Å². The van der Waals surface area contributed by atoms with E-state index in [9.17, 15) is 4.79 Å². The summed E-state index contributed by atoms with van der Waals surface area (Å²) in [5.74, 6) is 2.03. The third kappa shape index (κ3) is 4.85. The first-order chi connectivity index (χ1) is 15.5. The summed E-state index contributed by atoms with van der Waals surface area (Å²) in [5.41, 5.74) is 4.16. The summed E-state index contributed by atoms with van der Waals surface area (Å²) >= 11 is 0. The molecule has 0 spiro atoms. The van der Waals surface area contributed by atoms with Crippen molar-refractivity contribution in [3.63, 3.8) is 0 Å². The molecule has 0 unspecified atom stereocenters. The van der Waals surface area contributed by atoms with Crippen LogP contribution in [0.5, 0.6) is 0 Å². The largest absolute Gasteiger partial charge is 0.346 e. The predicted molar refractivity (Wildman–Crippen MR) is 124 cm³/mol. The minimum Gasteiger partial charge on any atom is -0.274 e. The lowest BCUT2D eigenvalue weighted by molar-refractivity contribution is 0.473. The van der Waals surface area contributed by atoms with Gasteiger partial charge in [-0.1, -0.05) is 63.2 Å². The average molecular weight is 432 g/mol. The number of tetrazole rings is 1. The van der Waals surface area contributed by atoms with E-state index in [4.69, 9.17) is 0 Å². The Kier molecular flexibility index (Phi) is 6.58. The average Bonchev–Trinajstić information content (AvgIpc) is 3.43. The van der Waals surface area contributed by atoms with Crippen molar-refractivity contribution >= 4 is 0 Å². The summed E-state index contributed by atoms with van der Waals surface area (Å²) in [6, 6.07) is 16.4. The monoisotopic (exact) mass is 431 g/mol. The summed E-state index contributed by atoms with van der Waals surface area (Å²) in [6.07, 6.45) is 2.70. The van der Waals surface area contributed by atoms with Crippen LogP contribution in [0.15, 0.2) is 53.3 Å². The number of nitrogens with zero attached hydrogens (tertiary/aromatic N) is 6. The van der Waals surface area contributed by atoms with Gasteiger partial charge in [-0.25, -0.2) is 14.6 Å². The number of rotatable bonds is 9. The molecule has 2 heterocycles. The topological polar surface area (TPSA) is 94.3 Å². The highest BCUT2D eigenvalue weighted by atomic mass is 16.2. The molecule has 0 aliphatic carbocycles. The highest BCUT2D eigenvalue weighted by Gasteiger charge is 2.14. The van der Waals surface area contributed by atoms with E-state index in [1.54, 1.807) is 4.68 Å². The van der Waals surface area contributed by atoms with Crippen LogP contribution in [-0.4, -0.2) is 35.0 Å². The third-order valence-corrected chi connectivity index (χ3v) is 5.50. The molecule has 2 aromatic carbocycles. The van der Waals surface area contributed by atoms with Gasteiger partial charge in [-0.3, -0.25) is 4.57 Å². The van der Waals surface area contributed by atoms with Crippen molar-refractivity contribution in [1.29, 1.82) is 0 Å². The number of benzene rings is 2. The van der Waals surface area contributed by atoms with Gasteiger partial charge >= 0.3 is 5.69 Å². The van der Waals surface area contributed by atoms with Crippen LogP contribution >= 0.6 is 0 Å². The van der Waals surface area contributed by atoms with Crippen LogP contribution in [0.2, 0.25) is 0 Å². The normalized spacial score (nSPS) is 11.4. The molecular weight excluding hydrogens is 402 g/mol. The molecule has 0 amide bonds. The minimum absolute atomic E-state index is 0.0217. The number of aromatic amines is 1. The Morgan fingerprint density at radius 2 is 1.81 bits per heavy atom. The first-order valence-corrected chi connectivity index (χ1v) is 11.1. The molecule has 0 aliphatic rings. The van der Waals surface area contributed by atoms with Crippen molar-refractivity contribution in [1.82, 2.24) is 35.0 Å². The standard InChI is InChI=1S/C24H29N7O/c1-4-6-22-27-31(14-13-17(2)3)24(32)30(22)16-18-9-11-19(12-10-18)20-7-5-8-21(15-20)23-25-28-29-26-23/h5,7-12,15,17H,4,6,13-14,16H2,1-3H3,(H,25,26,28,29). The lowest BCUT2D eigenvalue weighted by Crippen LogP contribution is -2.26. The van der Waals surface area contributed by atoms with Gasteiger partial charge in [0.05, 0.1) is 6.54 Å². The van der Waals surface area contributed by atoms with Gasteiger partial charge in [0, 0.05) is 18.5 Å². The molecule has 0 aliphatic heterocycles. The number of hydrogen-bond donors (Lipinski definition) is 1. The first-order valence-electron chi connectivity index (χ1n) is 11.1. The molecule has 2 aromatic heterocycles. The molecule has 4 aromatic rings. The van der Waals surface area contributed by atoms with E-state index in [-0.39, 0.29) is 5.69 Å². The van der Waals surface area contributed by atoms with Crippen molar-refractivity contribution in [2.75, 3.05) is 0 Å². The van der Waals surface area contributed by atoms with Crippen LogP contribution in [0.3, 0.4) is 0 Å². The Bertz CT molecular complexity index is 1200. The second kappa shape index (κ2) is 9.72. The van der Waals surface area contributed by atoms with E-state index in [0.29, 0.717) is 24.8 Å². The lowest BCUT2D eigenvalue weighted by Gasteiger charge is -2.08. The number of aryl methyl sites for hydroxylation is 2. The van der Waals surface area contributed by atoms with Gasteiger partial charge in [0.2, 0.25) is 0 Å². The summed E-state index contributed by atoms with van der Waals surface area (Å²) in [6.45, 7) is 7.62. The smallest absolute Gasteiger partial charge is 0.274 e. The Hall–Kier alpha value is -3.55. The first kappa shape index (κ1) is 21.7. The Morgan fingerprint density at radius 3 is 2.50 bits per heavy atom. The predicted octanol–water partition coefficient (Wildman–Crippen LogP) is 3.94. The van der Waals surface area contributed by atoms with Gasteiger partial charge in [-0.05, 0) is 51.9 Å². The van der Waals surface area contributed by atoms with Crippen LogP contribution in [-0.2, 0) is 19.5 Å². The number of hydrogen-bond acceptors (Lipinski definition) is 5. The maximum Gasteiger partial charge on any atom is 0.346 e. The molecule has 8 heteroatoms. The lowest BCUT2D eigenvalue weighted by atomic mass is 10.0. The highest BCUT2D eigenvalue weighted by Crippen LogP contribution is 2.24. The fourth-order valence-electron chi connectivity index (χ4n) is 3.69. The molecule has 0 saturated carbocycles. The van der Waals surface area contributed by atoms with E-state index in [1.165, 1.54) is 0 Å². The van der Waals surface area contributed by atoms with Gasteiger partial charge in [0.25, 0.3) is 0 Å². The molecule has 32 heavy (non-hydrogen) atoms. The maximum absolute atomic E-state index is 13.0. The van der Waals surface area contributed by atoms with Crippen molar-refractivity contribution in [2.24, 2.45) is 5.92 Å². The number of H-pyrrole nitrogens is 1. The quantitative estimate of drug-likeness (QED) is 0.433. The van der Waals surface area contributed by atoms with E-state index >= 15 is 0 Å². The van der Waals surface area contributed by atoms with Crippen molar-refractivity contribution < 1.29 is 0 Å². The summed E-state index contributed by atoms with van der Waals surface area (Å²) in [4.78, 5) is 13.0. The Balaban J connectivity index is 1.55. The van der Waals surface area contributed by atoms with Gasteiger partial charge in [0.1, 0.15) is 5.82 Å². The summed E-state index contributed by atoms with van der Waals surface area (Å²) in [5, 5.41) is 18.7. The van der Waals surface area contributed by atoms with Crippen molar-refractivity contribution in [3.05, 3.63) is 70.4 Å². The third-order valence-electron chi connectivity index (χ3n) is 5.50. The zero-order valence-electron chi connectivity index (χ0n) is 18.8. The second-order valence-electron chi connectivity index (χ2n) is 8.47. The fraction of sp³-hybridized carbons (Fsp3) is 0.375. The molecule has 0 bridgehead atoms. The van der Waals surface area contributed by atoms with Crippen molar-refractivity contribution in [3.8, 4) is 22.5 Å². The molecule has 166 valence electrons. The van der Waals surface area contributed by atoms with Crippen LogP contribution < -0.4 is 5.69 Å². The summed E-state index contributed by atoms with van der Waals surface area (Å²) < 4.78 is 3.44. The molecule has 0 radical (unpaired) electrons. The molecule has 8 nitrogen and oxygen atoms in total. The van der Waals surface area contributed by atoms with E-state index in [1.807, 2.05) is 16.7 Å². The Morgan fingerprint density at radius 1 is 1.03 bits per heavy atom. The van der Waals surface area contributed by atoms with E-state index in [0.717, 1.165) is 47.3 Å². The molecule has 0 saturated heterocycles. The van der Waals surface area contributed by atoms with Gasteiger partial charge in [-0.2, -0.15) is 5.10 Å². The molecular formula is C24H29N7O. The van der Waals surface area contributed by atoms with Crippen molar-refractivity contribution in [2.45, 2.75) is 53.1 Å². The second-order valence-corrected chi connectivity index (χ2v) is 8.47. The van der Waals surface area contributed by atoms with Crippen LogP contribution in [0.4, 0.5) is 0 Å². The summed E-state index contributed by atoms with van der Waals surface area (Å²) in [7, 11) is 0. The highest BCUT2D eigenvalue weighted by molar-refractivity contribution is 5.70. The van der Waals surface area contributed by atoms with Gasteiger partial charge < -0.3 is 0 Å². The molecule has 1 N–H and O–H groups in total. The number of aromatic nitrogens is 7. The molecule has 0 fully saturated rings.